The van der Waals surface area contributed by atoms with E-state index in [2.05, 4.69) is 17.6 Å². The second-order valence-corrected chi connectivity index (χ2v) is 7.31. The first-order valence-corrected chi connectivity index (χ1v) is 9.28. The van der Waals surface area contributed by atoms with Crippen molar-refractivity contribution in [1.29, 1.82) is 0 Å². The minimum Gasteiger partial charge on any atom is -0.352 e. The number of carbonyl (C=O) groups excluding carboxylic acids is 2. The Morgan fingerprint density at radius 1 is 1.16 bits per heavy atom. The molecular weight excluding hydrogens is 319 g/mol. The minimum absolute atomic E-state index is 0.0376. The number of halogens is 1. The standard InChI is InChI=1S/C20H29FN2O2/c1-4-14-9-11-15(12-10-14)22-20(25)18(13(2)3)23-19(24)16-7-5-6-8-17(16)21/h5-8,13-15,18H,4,9-12H2,1-3H3,(H,22,25)(H,23,24). The molecule has 2 rings (SSSR count). The molecule has 0 aromatic heterocycles. The fourth-order valence-electron chi connectivity index (χ4n) is 3.41. The predicted octanol–water partition coefficient (Wildman–Crippen LogP) is 3.67. The Balaban J connectivity index is 1.97. The van der Waals surface area contributed by atoms with Crippen LogP contribution >= 0.6 is 0 Å². The van der Waals surface area contributed by atoms with Crippen molar-refractivity contribution >= 4 is 11.8 Å². The second kappa shape index (κ2) is 8.97. The van der Waals surface area contributed by atoms with E-state index in [1.54, 1.807) is 6.07 Å². The molecule has 1 aromatic rings. The Bertz CT molecular complexity index is 595. The number of rotatable bonds is 6. The van der Waals surface area contributed by atoms with E-state index >= 15 is 0 Å². The third kappa shape index (κ3) is 5.28. The van der Waals surface area contributed by atoms with Crippen LogP contribution in [0.25, 0.3) is 0 Å². The molecule has 0 spiro atoms. The van der Waals surface area contributed by atoms with Gasteiger partial charge in [-0.15, -0.1) is 0 Å². The van der Waals surface area contributed by atoms with E-state index in [0.29, 0.717) is 0 Å². The quantitative estimate of drug-likeness (QED) is 0.824. The first-order chi connectivity index (χ1) is 11.9. The average Bonchev–Trinajstić information content (AvgIpc) is 2.60. The van der Waals surface area contributed by atoms with Gasteiger partial charge in [-0.05, 0) is 49.7 Å². The van der Waals surface area contributed by atoms with Crippen LogP contribution in [0.5, 0.6) is 0 Å². The summed E-state index contributed by atoms with van der Waals surface area (Å²) in [6, 6.07) is 5.30. The Morgan fingerprint density at radius 3 is 2.36 bits per heavy atom. The first kappa shape index (κ1) is 19.4. The monoisotopic (exact) mass is 348 g/mol. The van der Waals surface area contributed by atoms with Crippen molar-refractivity contribution < 1.29 is 14.0 Å². The van der Waals surface area contributed by atoms with Crippen molar-refractivity contribution in [3.8, 4) is 0 Å². The Hall–Kier alpha value is -1.91. The molecular formula is C20H29FN2O2. The molecule has 0 heterocycles. The average molecular weight is 348 g/mol. The number of benzene rings is 1. The molecule has 1 atom stereocenters. The van der Waals surface area contributed by atoms with Crippen LogP contribution in [0.3, 0.4) is 0 Å². The summed E-state index contributed by atoms with van der Waals surface area (Å²) in [7, 11) is 0. The number of hydrogen-bond donors (Lipinski definition) is 2. The molecule has 1 aliphatic carbocycles. The van der Waals surface area contributed by atoms with Crippen LogP contribution in [-0.2, 0) is 4.79 Å². The van der Waals surface area contributed by atoms with E-state index in [1.165, 1.54) is 24.6 Å². The second-order valence-electron chi connectivity index (χ2n) is 7.31. The zero-order chi connectivity index (χ0) is 18.4. The van der Waals surface area contributed by atoms with Gasteiger partial charge in [0, 0.05) is 6.04 Å². The highest BCUT2D eigenvalue weighted by Gasteiger charge is 2.28. The Morgan fingerprint density at radius 2 is 1.80 bits per heavy atom. The molecule has 5 heteroatoms. The summed E-state index contributed by atoms with van der Waals surface area (Å²) >= 11 is 0. The van der Waals surface area contributed by atoms with Gasteiger partial charge in [0.05, 0.1) is 5.56 Å². The molecule has 1 saturated carbocycles. The highest BCUT2D eigenvalue weighted by Crippen LogP contribution is 2.26. The van der Waals surface area contributed by atoms with Crippen molar-refractivity contribution in [3.05, 3.63) is 35.6 Å². The van der Waals surface area contributed by atoms with Crippen molar-refractivity contribution in [2.45, 2.75) is 65.0 Å². The van der Waals surface area contributed by atoms with Gasteiger partial charge in [-0.2, -0.15) is 0 Å². The molecule has 1 aromatic carbocycles. The lowest BCUT2D eigenvalue weighted by molar-refractivity contribution is -0.124. The van der Waals surface area contributed by atoms with Crippen LogP contribution in [0.4, 0.5) is 4.39 Å². The van der Waals surface area contributed by atoms with Crippen LogP contribution in [-0.4, -0.2) is 23.9 Å². The lowest BCUT2D eigenvalue weighted by atomic mass is 9.84. The summed E-state index contributed by atoms with van der Waals surface area (Å²) < 4.78 is 13.8. The van der Waals surface area contributed by atoms with Gasteiger partial charge >= 0.3 is 0 Å². The molecule has 25 heavy (non-hydrogen) atoms. The van der Waals surface area contributed by atoms with E-state index in [4.69, 9.17) is 0 Å². The molecule has 2 N–H and O–H groups in total. The van der Waals surface area contributed by atoms with Gasteiger partial charge < -0.3 is 10.6 Å². The summed E-state index contributed by atoms with van der Waals surface area (Å²) in [4.78, 5) is 25.0. The van der Waals surface area contributed by atoms with Gasteiger partial charge in [-0.3, -0.25) is 9.59 Å². The van der Waals surface area contributed by atoms with Gasteiger partial charge in [0.15, 0.2) is 0 Å². The maximum absolute atomic E-state index is 13.8. The molecule has 0 bridgehead atoms. The van der Waals surface area contributed by atoms with Crippen LogP contribution in [0.2, 0.25) is 0 Å². The van der Waals surface area contributed by atoms with E-state index < -0.39 is 17.8 Å². The third-order valence-corrected chi connectivity index (χ3v) is 5.12. The van der Waals surface area contributed by atoms with Crippen LogP contribution in [0, 0.1) is 17.7 Å². The highest BCUT2D eigenvalue weighted by molar-refractivity contribution is 5.97. The van der Waals surface area contributed by atoms with Gasteiger partial charge in [0.1, 0.15) is 11.9 Å². The number of amides is 2. The lowest BCUT2D eigenvalue weighted by Crippen LogP contribution is -2.52. The molecule has 1 aliphatic rings. The van der Waals surface area contributed by atoms with Crippen molar-refractivity contribution in [2.24, 2.45) is 11.8 Å². The van der Waals surface area contributed by atoms with Gasteiger partial charge in [-0.25, -0.2) is 4.39 Å². The SMILES string of the molecule is CCC1CCC(NC(=O)C(NC(=O)c2ccccc2F)C(C)C)CC1. The van der Waals surface area contributed by atoms with E-state index in [-0.39, 0.29) is 23.4 Å². The van der Waals surface area contributed by atoms with Crippen molar-refractivity contribution in [2.75, 3.05) is 0 Å². The van der Waals surface area contributed by atoms with Crippen molar-refractivity contribution in [1.82, 2.24) is 10.6 Å². The zero-order valence-electron chi connectivity index (χ0n) is 15.3. The molecule has 0 saturated heterocycles. The Labute approximate surface area is 149 Å². The molecule has 138 valence electrons. The summed E-state index contributed by atoms with van der Waals surface area (Å²) in [6.45, 7) is 5.95. The Kier molecular flexibility index (Phi) is 6.97. The summed E-state index contributed by atoms with van der Waals surface area (Å²) in [5.74, 6) is -0.639. The molecule has 0 aliphatic heterocycles. The fourth-order valence-corrected chi connectivity index (χ4v) is 3.41. The predicted molar refractivity (Wildman–Crippen MR) is 96.7 cm³/mol. The van der Waals surface area contributed by atoms with Gasteiger partial charge in [0.2, 0.25) is 5.91 Å². The van der Waals surface area contributed by atoms with Crippen LogP contribution < -0.4 is 10.6 Å². The first-order valence-electron chi connectivity index (χ1n) is 9.28. The maximum atomic E-state index is 13.8. The number of nitrogens with one attached hydrogen (secondary N) is 2. The van der Waals surface area contributed by atoms with Crippen LogP contribution in [0.15, 0.2) is 24.3 Å². The minimum atomic E-state index is -0.670. The van der Waals surface area contributed by atoms with Crippen molar-refractivity contribution in [3.63, 3.8) is 0 Å². The van der Waals surface area contributed by atoms with E-state index in [1.807, 2.05) is 13.8 Å². The molecule has 2 amide bonds. The summed E-state index contributed by atoms with van der Waals surface area (Å²) in [5.41, 5.74) is -0.0376. The summed E-state index contributed by atoms with van der Waals surface area (Å²) in [6.07, 6.45) is 5.42. The topological polar surface area (TPSA) is 58.2 Å². The largest absolute Gasteiger partial charge is 0.352 e. The van der Waals surface area contributed by atoms with Gasteiger partial charge in [0.25, 0.3) is 5.91 Å². The number of carbonyl (C=O) groups is 2. The summed E-state index contributed by atoms with van der Waals surface area (Å²) in [5, 5.41) is 5.76. The number of hydrogen-bond acceptors (Lipinski definition) is 2. The molecule has 4 nitrogen and oxygen atoms in total. The fraction of sp³-hybridized carbons (Fsp3) is 0.600. The van der Waals surface area contributed by atoms with Crippen LogP contribution in [0.1, 0.15) is 63.2 Å². The van der Waals surface area contributed by atoms with E-state index in [0.717, 1.165) is 31.6 Å². The van der Waals surface area contributed by atoms with E-state index in [9.17, 15) is 14.0 Å². The molecule has 1 fully saturated rings. The smallest absolute Gasteiger partial charge is 0.254 e. The highest BCUT2D eigenvalue weighted by atomic mass is 19.1. The maximum Gasteiger partial charge on any atom is 0.254 e. The third-order valence-electron chi connectivity index (χ3n) is 5.12. The normalized spacial score (nSPS) is 21.6. The zero-order valence-corrected chi connectivity index (χ0v) is 15.3. The molecule has 0 radical (unpaired) electrons. The lowest BCUT2D eigenvalue weighted by Gasteiger charge is -2.30. The molecule has 1 unspecified atom stereocenters. The van der Waals surface area contributed by atoms with Gasteiger partial charge in [-0.1, -0.05) is 39.3 Å².